The van der Waals surface area contributed by atoms with Crippen molar-refractivity contribution >= 4 is 17.5 Å². The van der Waals surface area contributed by atoms with Gasteiger partial charge in [-0.25, -0.2) is 0 Å². The van der Waals surface area contributed by atoms with Crippen molar-refractivity contribution in [2.45, 2.75) is 31.1 Å². The number of nitrogens with two attached hydrogens (primary N) is 1. The standard InChI is InChI=1S/C22H26N2O7/c1-22(31)9-5-4-6-11(25)13(9)19(28)14-10(22)7-8-12(17(14)26)18(27)15(21(23)30)20(29)16(8)24(2)3/h4-6,8,10,12,14,16-17,25-27,31H,7H2,1-3H3,(H2,23,30)/t8?,10?,12?,14?,16-,17?,22+/m0/s1. The lowest BCUT2D eigenvalue weighted by Gasteiger charge is -2.54. The van der Waals surface area contributed by atoms with Crippen LogP contribution < -0.4 is 5.73 Å². The normalized spacial score (nSPS) is 37.4. The third-order valence-corrected chi connectivity index (χ3v) is 7.31. The number of rotatable bonds is 2. The van der Waals surface area contributed by atoms with Gasteiger partial charge in [-0.2, -0.15) is 0 Å². The zero-order valence-electron chi connectivity index (χ0n) is 17.4. The lowest BCUT2D eigenvalue weighted by Crippen LogP contribution is -2.63. The molecule has 3 aliphatic carbocycles. The van der Waals surface area contributed by atoms with E-state index in [9.17, 15) is 34.8 Å². The highest BCUT2D eigenvalue weighted by Gasteiger charge is 2.62. The van der Waals surface area contributed by atoms with Gasteiger partial charge in [0.1, 0.15) is 17.1 Å². The number of ketones is 2. The molecule has 5 unspecified atom stereocenters. The largest absolute Gasteiger partial charge is 0.511 e. The van der Waals surface area contributed by atoms with Gasteiger partial charge in [0.15, 0.2) is 11.6 Å². The fourth-order valence-electron chi connectivity index (χ4n) is 6.00. The van der Waals surface area contributed by atoms with E-state index >= 15 is 0 Å². The summed E-state index contributed by atoms with van der Waals surface area (Å²) >= 11 is 0. The van der Waals surface area contributed by atoms with E-state index in [1.807, 2.05) is 0 Å². The Balaban J connectivity index is 1.92. The number of aliphatic hydroxyl groups excluding tert-OH is 2. The number of carbonyl (C=O) groups is 3. The summed E-state index contributed by atoms with van der Waals surface area (Å²) in [5.74, 6) is -6.93. The third kappa shape index (κ3) is 2.77. The summed E-state index contributed by atoms with van der Waals surface area (Å²) in [6.45, 7) is 1.52. The van der Waals surface area contributed by atoms with Crippen molar-refractivity contribution in [3.63, 3.8) is 0 Å². The second kappa shape index (κ2) is 6.88. The molecule has 9 heteroatoms. The molecule has 0 aromatic heterocycles. The van der Waals surface area contributed by atoms with Crippen LogP contribution in [0.4, 0.5) is 0 Å². The highest BCUT2D eigenvalue weighted by Crippen LogP contribution is 2.56. The number of nitrogens with zero attached hydrogens (tertiary/aromatic N) is 1. The van der Waals surface area contributed by atoms with Crippen LogP contribution in [-0.4, -0.2) is 69.0 Å². The molecular formula is C22H26N2O7. The van der Waals surface area contributed by atoms with Gasteiger partial charge in [-0.15, -0.1) is 0 Å². The zero-order chi connectivity index (χ0) is 23.0. The second-order valence-corrected chi connectivity index (χ2v) is 9.16. The van der Waals surface area contributed by atoms with E-state index < -0.39 is 70.2 Å². The molecule has 0 radical (unpaired) electrons. The molecule has 166 valence electrons. The molecule has 4 rings (SSSR count). The van der Waals surface area contributed by atoms with Crippen LogP contribution in [0.5, 0.6) is 5.75 Å². The van der Waals surface area contributed by atoms with Gasteiger partial charge in [0, 0.05) is 11.8 Å². The first-order chi connectivity index (χ1) is 14.4. The molecular weight excluding hydrogens is 404 g/mol. The quantitative estimate of drug-likeness (QED) is 0.404. The Labute approximate surface area is 178 Å². The summed E-state index contributed by atoms with van der Waals surface area (Å²) in [6.07, 6.45) is -1.37. The van der Waals surface area contributed by atoms with Crippen LogP contribution in [0.15, 0.2) is 29.5 Å². The molecule has 0 bridgehead atoms. The predicted octanol–water partition coefficient (Wildman–Crippen LogP) is -0.164. The molecule has 0 saturated heterocycles. The predicted molar refractivity (Wildman–Crippen MR) is 108 cm³/mol. The molecule has 0 aliphatic heterocycles. The fourth-order valence-corrected chi connectivity index (χ4v) is 6.00. The minimum atomic E-state index is -1.58. The van der Waals surface area contributed by atoms with Crippen LogP contribution in [-0.2, 0) is 15.2 Å². The van der Waals surface area contributed by atoms with Crippen LogP contribution in [0.1, 0.15) is 29.3 Å². The summed E-state index contributed by atoms with van der Waals surface area (Å²) in [5, 5.41) is 43.8. The number of benzene rings is 1. The van der Waals surface area contributed by atoms with Gasteiger partial charge in [-0.05, 0) is 45.0 Å². The Kier molecular flexibility index (Phi) is 4.77. The van der Waals surface area contributed by atoms with Gasteiger partial charge in [0.2, 0.25) is 0 Å². The second-order valence-electron chi connectivity index (χ2n) is 9.16. The fraction of sp³-hybridized carbons (Fsp3) is 0.500. The highest BCUT2D eigenvalue weighted by atomic mass is 16.3. The minimum Gasteiger partial charge on any atom is -0.511 e. The van der Waals surface area contributed by atoms with E-state index in [-0.39, 0.29) is 23.3 Å². The number of hydrogen-bond acceptors (Lipinski definition) is 8. The molecule has 1 aromatic carbocycles. The van der Waals surface area contributed by atoms with Crippen LogP contribution >= 0.6 is 0 Å². The summed E-state index contributed by atoms with van der Waals surface area (Å²) in [6, 6.07) is 3.53. The van der Waals surface area contributed by atoms with Crippen LogP contribution in [0, 0.1) is 23.7 Å². The van der Waals surface area contributed by atoms with Crippen molar-refractivity contribution in [2.75, 3.05) is 14.1 Å². The lowest BCUT2D eigenvalue weighted by molar-refractivity contribution is -0.144. The maximum Gasteiger partial charge on any atom is 0.255 e. The Hall–Kier alpha value is -2.75. The molecule has 9 nitrogen and oxygen atoms in total. The summed E-state index contributed by atoms with van der Waals surface area (Å²) < 4.78 is 0. The summed E-state index contributed by atoms with van der Waals surface area (Å²) in [7, 11) is 3.27. The van der Waals surface area contributed by atoms with Crippen molar-refractivity contribution in [2.24, 2.45) is 29.4 Å². The van der Waals surface area contributed by atoms with Crippen molar-refractivity contribution < 1.29 is 34.8 Å². The van der Waals surface area contributed by atoms with Gasteiger partial charge in [-0.3, -0.25) is 19.3 Å². The molecule has 1 aromatic rings. The molecule has 1 amide bonds. The number of carbonyl (C=O) groups excluding carboxylic acids is 3. The molecule has 1 fully saturated rings. The van der Waals surface area contributed by atoms with E-state index in [2.05, 4.69) is 0 Å². The molecule has 7 atom stereocenters. The Morgan fingerprint density at radius 2 is 1.81 bits per heavy atom. The number of Topliss-reactive ketones (excluding diaryl/α,β-unsaturated/α-hetero) is 2. The number of aliphatic hydroxyl groups is 3. The van der Waals surface area contributed by atoms with Gasteiger partial charge in [0.25, 0.3) is 5.91 Å². The average Bonchev–Trinajstić information content (AvgIpc) is 2.65. The molecule has 3 aliphatic rings. The Morgan fingerprint density at radius 1 is 1.16 bits per heavy atom. The zero-order valence-corrected chi connectivity index (χ0v) is 17.4. The molecule has 1 saturated carbocycles. The first kappa shape index (κ1) is 21.5. The van der Waals surface area contributed by atoms with Crippen LogP contribution in [0.25, 0.3) is 0 Å². The van der Waals surface area contributed by atoms with Gasteiger partial charge < -0.3 is 26.2 Å². The first-order valence-electron chi connectivity index (χ1n) is 10.1. The van der Waals surface area contributed by atoms with Crippen LogP contribution in [0.3, 0.4) is 0 Å². The monoisotopic (exact) mass is 430 g/mol. The highest BCUT2D eigenvalue weighted by molar-refractivity contribution is 6.21. The maximum atomic E-state index is 13.3. The van der Waals surface area contributed by atoms with E-state index in [0.29, 0.717) is 0 Å². The van der Waals surface area contributed by atoms with Crippen molar-refractivity contribution in [1.82, 2.24) is 4.90 Å². The van der Waals surface area contributed by atoms with E-state index in [1.54, 1.807) is 25.1 Å². The van der Waals surface area contributed by atoms with Gasteiger partial charge >= 0.3 is 0 Å². The van der Waals surface area contributed by atoms with Crippen molar-refractivity contribution in [3.05, 3.63) is 40.7 Å². The number of aromatic hydroxyl groups is 1. The number of hydrogen-bond donors (Lipinski definition) is 5. The maximum absolute atomic E-state index is 13.3. The van der Waals surface area contributed by atoms with Gasteiger partial charge in [0.05, 0.1) is 29.2 Å². The van der Waals surface area contributed by atoms with Crippen LogP contribution in [0.2, 0.25) is 0 Å². The van der Waals surface area contributed by atoms with Crippen molar-refractivity contribution in [1.29, 1.82) is 0 Å². The van der Waals surface area contributed by atoms with Crippen molar-refractivity contribution in [3.8, 4) is 5.75 Å². The number of primary amides is 1. The van der Waals surface area contributed by atoms with E-state index in [0.717, 1.165) is 0 Å². The third-order valence-electron chi connectivity index (χ3n) is 7.31. The number of phenolic OH excluding ortho intramolecular Hbond substituents is 1. The minimum absolute atomic E-state index is 0.0686. The smallest absolute Gasteiger partial charge is 0.255 e. The number of fused-ring (bicyclic) bond motifs is 3. The summed E-state index contributed by atoms with van der Waals surface area (Å²) in [5.41, 5.74) is 3.38. The average molecular weight is 430 g/mol. The molecule has 6 N–H and O–H groups in total. The first-order valence-corrected chi connectivity index (χ1v) is 10.1. The topological polar surface area (TPSA) is 161 Å². The summed E-state index contributed by atoms with van der Waals surface area (Å²) in [4.78, 5) is 39.9. The van der Waals surface area contributed by atoms with Gasteiger partial charge in [-0.1, -0.05) is 12.1 Å². The Bertz CT molecular complexity index is 1030. The molecule has 0 spiro atoms. The number of likely N-dealkylation sites (N-methyl/N-ethyl adjacent to an activating group) is 1. The van der Waals surface area contributed by atoms with E-state index in [1.165, 1.54) is 19.1 Å². The number of amides is 1. The SMILES string of the molecule is CN(C)[C@@H]1C(=O)C(C(N)=O)=C(O)C2C(O)C3C(=O)c4c(O)cccc4[C@@](C)(O)C3CC21. The molecule has 0 heterocycles. The molecule has 31 heavy (non-hydrogen) atoms. The van der Waals surface area contributed by atoms with E-state index in [4.69, 9.17) is 5.73 Å². The Morgan fingerprint density at radius 3 is 2.39 bits per heavy atom. The lowest BCUT2D eigenvalue weighted by atomic mass is 9.52. The number of phenols is 1.